The van der Waals surface area contributed by atoms with Gasteiger partial charge in [0.1, 0.15) is 11.3 Å². The molecule has 0 unspecified atom stereocenters. The largest absolute Gasteiger partial charge is 0.497 e. The van der Waals surface area contributed by atoms with Crippen LogP contribution in [0, 0.1) is 0 Å². The smallest absolute Gasteiger partial charge is 0.350 e. The maximum Gasteiger partial charge on any atom is 0.350 e. The summed E-state index contributed by atoms with van der Waals surface area (Å²) in [5, 5.41) is 4.79. The van der Waals surface area contributed by atoms with Gasteiger partial charge in [-0.25, -0.2) is 4.79 Å². The van der Waals surface area contributed by atoms with E-state index in [4.69, 9.17) is 4.74 Å². The van der Waals surface area contributed by atoms with Gasteiger partial charge in [-0.3, -0.25) is 4.79 Å². The highest BCUT2D eigenvalue weighted by atomic mass is 16.5. The summed E-state index contributed by atoms with van der Waals surface area (Å²) < 4.78 is 6.04. The normalized spacial score (nSPS) is 12.3. The molecule has 0 atom stereocenters. The number of methoxy groups -OCH3 is 1. The molecule has 0 bridgehead atoms. The van der Waals surface area contributed by atoms with Crippen molar-refractivity contribution in [2.24, 2.45) is 5.10 Å². The number of fused-ring (bicyclic) bond motifs is 3. The van der Waals surface area contributed by atoms with Crippen molar-refractivity contribution in [2.45, 2.75) is 6.92 Å². The standard InChI is InChI=1S/C21H18N4O3/c1-13(10-14-6-4-3-5-7-14)12-22-25-20(26)19-18(24-21(25)27)16-11-15(28-2)8-9-17(16)23-19/h3-12,23H,1-2H3,(H,24,27)/b13-10+,22-12-. The second kappa shape index (κ2) is 7.03. The molecule has 0 radical (unpaired) electrons. The molecule has 4 rings (SSSR count). The Hall–Kier alpha value is -3.87. The molecule has 0 aliphatic heterocycles. The predicted molar refractivity (Wildman–Crippen MR) is 111 cm³/mol. The average molecular weight is 374 g/mol. The van der Waals surface area contributed by atoms with Crippen molar-refractivity contribution in [3.8, 4) is 5.75 Å². The summed E-state index contributed by atoms with van der Waals surface area (Å²) in [4.78, 5) is 31.0. The molecule has 0 aliphatic carbocycles. The molecule has 140 valence electrons. The first kappa shape index (κ1) is 17.5. The summed E-state index contributed by atoms with van der Waals surface area (Å²) in [6.07, 6.45) is 3.40. The quantitative estimate of drug-likeness (QED) is 0.538. The Labute approximate surface area is 159 Å². The second-order valence-electron chi connectivity index (χ2n) is 6.38. The minimum Gasteiger partial charge on any atom is -0.497 e. The highest BCUT2D eigenvalue weighted by Crippen LogP contribution is 2.25. The van der Waals surface area contributed by atoms with Crippen LogP contribution in [0.3, 0.4) is 0 Å². The van der Waals surface area contributed by atoms with Gasteiger partial charge in [0, 0.05) is 10.9 Å². The zero-order chi connectivity index (χ0) is 19.7. The Morgan fingerprint density at radius 3 is 2.61 bits per heavy atom. The summed E-state index contributed by atoms with van der Waals surface area (Å²) in [6.45, 7) is 1.85. The highest BCUT2D eigenvalue weighted by molar-refractivity contribution is 6.04. The molecule has 0 spiro atoms. The van der Waals surface area contributed by atoms with E-state index in [0.29, 0.717) is 16.7 Å². The molecule has 2 N–H and O–H groups in total. The van der Waals surface area contributed by atoms with Gasteiger partial charge in [-0.15, -0.1) is 4.68 Å². The number of allylic oxidation sites excluding steroid dienone is 1. The molecule has 7 nitrogen and oxygen atoms in total. The van der Waals surface area contributed by atoms with Crippen LogP contribution in [0.2, 0.25) is 0 Å². The molecule has 2 heterocycles. The Kier molecular flexibility index (Phi) is 4.41. The monoisotopic (exact) mass is 374 g/mol. The van der Waals surface area contributed by atoms with Gasteiger partial charge < -0.3 is 14.7 Å². The number of H-pyrrole nitrogens is 2. The number of nitrogens with one attached hydrogen (secondary N) is 2. The number of ether oxygens (including phenoxy) is 1. The number of benzene rings is 2. The van der Waals surface area contributed by atoms with E-state index >= 15 is 0 Å². The van der Waals surface area contributed by atoms with Gasteiger partial charge in [0.15, 0.2) is 0 Å². The number of hydrogen-bond donors (Lipinski definition) is 2. The molecular formula is C21H18N4O3. The molecule has 0 saturated heterocycles. The summed E-state index contributed by atoms with van der Waals surface area (Å²) >= 11 is 0. The first-order valence-electron chi connectivity index (χ1n) is 8.69. The number of rotatable bonds is 4. The van der Waals surface area contributed by atoms with Crippen LogP contribution in [0.15, 0.2) is 68.8 Å². The Morgan fingerprint density at radius 2 is 1.86 bits per heavy atom. The molecule has 28 heavy (non-hydrogen) atoms. The van der Waals surface area contributed by atoms with E-state index in [2.05, 4.69) is 15.1 Å². The number of hydrogen-bond acceptors (Lipinski definition) is 4. The third kappa shape index (κ3) is 3.14. The lowest BCUT2D eigenvalue weighted by atomic mass is 10.1. The lowest BCUT2D eigenvalue weighted by molar-refractivity contribution is 0.415. The van der Waals surface area contributed by atoms with Crippen molar-refractivity contribution >= 4 is 34.2 Å². The van der Waals surface area contributed by atoms with Crippen LogP contribution in [0.4, 0.5) is 0 Å². The number of aromatic nitrogens is 3. The SMILES string of the molecule is COc1ccc2[nH]c3c(=O)n(/N=C\C(C)=C\c4ccccc4)c(=O)[nH]c3c2c1. The van der Waals surface area contributed by atoms with Crippen LogP contribution in [0.5, 0.6) is 5.75 Å². The summed E-state index contributed by atoms with van der Waals surface area (Å²) in [5.74, 6) is 0.637. The summed E-state index contributed by atoms with van der Waals surface area (Å²) in [7, 11) is 1.56. The van der Waals surface area contributed by atoms with Gasteiger partial charge in [0.05, 0.1) is 18.8 Å². The molecule has 0 amide bonds. The zero-order valence-corrected chi connectivity index (χ0v) is 15.4. The Balaban J connectivity index is 1.80. The molecule has 0 fully saturated rings. The molecule has 4 aromatic rings. The zero-order valence-electron chi connectivity index (χ0n) is 15.4. The Bertz CT molecular complexity index is 1340. The Morgan fingerprint density at radius 1 is 1.07 bits per heavy atom. The van der Waals surface area contributed by atoms with Crippen molar-refractivity contribution < 1.29 is 4.74 Å². The van der Waals surface area contributed by atoms with Crippen LogP contribution in [-0.2, 0) is 0 Å². The van der Waals surface area contributed by atoms with Gasteiger partial charge >= 0.3 is 11.2 Å². The first-order chi connectivity index (χ1) is 13.6. The van der Waals surface area contributed by atoms with E-state index in [-0.39, 0.29) is 5.52 Å². The van der Waals surface area contributed by atoms with Gasteiger partial charge in [-0.05, 0) is 36.3 Å². The van der Waals surface area contributed by atoms with E-state index < -0.39 is 11.2 Å². The van der Waals surface area contributed by atoms with Gasteiger partial charge in [0.2, 0.25) is 0 Å². The lowest BCUT2D eigenvalue weighted by Gasteiger charge is -1.99. The fourth-order valence-electron chi connectivity index (χ4n) is 3.05. The average Bonchev–Trinajstić information content (AvgIpc) is 3.06. The van der Waals surface area contributed by atoms with Crippen molar-refractivity contribution in [3.05, 3.63) is 80.5 Å². The van der Waals surface area contributed by atoms with Crippen molar-refractivity contribution in [3.63, 3.8) is 0 Å². The van der Waals surface area contributed by atoms with Crippen molar-refractivity contribution in [2.75, 3.05) is 7.11 Å². The number of nitrogens with zero attached hydrogens (tertiary/aromatic N) is 2. The van der Waals surface area contributed by atoms with E-state index in [9.17, 15) is 9.59 Å². The van der Waals surface area contributed by atoms with E-state index in [1.54, 1.807) is 25.3 Å². The predicted octanol–water partition coefficient (Wildman–Crippen LogP) is 3.12. The second-order valence-corrected chi connectivity index (χ2v) is 6.38. The van der Waals surface area contributed by atoms with E-state index in [1.807, 2.05) is 43.3 Å². The lowest BCUT2D eigenvalue weighted by Crippen LogP contribution is -2.32. The summed E-state index contributed by atoms with van der Waals surface area (Å²) in [5.41, 5.74) is 2.14. The highest BCUT2D eigenvalue weighted by Gasteiger charge is 2.13. The minimum absolute atomic E-state index is 0.282. The maximum atomic E-state index is 12.8. The fraction of sp³-hybridized carbons (Fsp3) is 0.0952. The van der Waals surface area contributed by atoms with E-state index in [0.717, 1.165) is 21.3 Å². The molecule has 0 saturated carbocycles. The van der Waals surface area contributed by atoms with Crippen molar-refractivity contribution in [1.29, 1.82) is 0 Å². The molecular weight excluding hydrogens is 356 g/mol. The van der Waals surface area contributed by atoms with Crippen LogP contribution >= 0.6 is 0 Å². The number of aromatic amines is 2. The minimum atomic E-state index is -0.606. The van der Waals surface area contributed by atoms with Crippen LogP contribution in [0.25, 0.3) is 28.0 Å². The molecule has 2 aromatic heterocycles. The fourth-order valence-corrected chi connectivity index (χ4v) is 3.05. The first-order valence-corrected chi connectivity index (χ1v) is 8.69. The molecule has 0 aliphatic rings. The van der Waals surface area contributed by atoms with Crippen LogP contribution in [0.1, 0.15) is 12.5 Å². The molecule has 2 aromatic carbocycles. The van der Waals surface area contributed by atoms with Gasteiger partial charge in [0.25, 0.3) is 0 Å². The van der Waals surface area contributed by atoms with Crippen LogP contribution < -0.4 is 16.0 Å². The van der Waals surface area contributed by atoms with Crippen LogP contribution in [-0.4, -0.2) is 28.0 Å². The van der Waals surface area contributed by atoms with E-state index in [1.165, 1.54) is 6.21 Å². The van der Waals surface area contributed by atoms with Crippen molar-refractivity contribution in [1.82, 2.24) is 14.6 Å². The maximum absolute atomic E-state index is 12.8. The third-order valence-corrected chi connectivity index (χ3v) is 4.41. The third-order valence-electron chi connectivity index (χ3n) is 4.41. The summed E-state index contributed by atoms with van der Waals surface area (Å²) in [6, 6.07) is 15.1. The molecule has 7 heteroatoms. The van der Waals surface area contributed by atoms with Gasteiger partial charge in [-0.2, -0.15) is 5.10 Å². The van der Waals surface area contributed by atoms with Gasteiger partial charge in [-0.1, -0.05) is 36.4 Å². The topological polar surface area (TPSA) is 92.2 Å².